The molecule has 0 spiro atoms. The second-order valence-electron chi connectivity index (χ2n) is 3.83. The van der Waals surface area contributed by atoms with Crippen molar-refractivity contribution in [2.75, 3.05) is 13.1 Å². The Morgan fingerprint density at radius 3 is 3.00 bits per heavy atom. The smallest absolute Gasteiger partial charge is 0.140 e. The van der Waals surface area contributed by atoms with Gasteiger partial charge < -0.3 is 16.0 Å². The molecule has 0 aromatic rings. The Morgan fingerprint density at radius 1 is 1.64 bits per heavy atom. The molecule has 4 N–H and O–H groups in total. The summed E-state index contributed by atoms with van der Waals surface area (Å²) in [5.74, 6) is 0.247. The quantitative estimate of drug-likeness (QED) is 0.259. The third-order valence-corrected chi connectivity index (χ3v) is 2.86. The maximum Gasteiger partial charge on any atom is 0.140 e. The van der Waals surface area contributed by atoms with Gasteiger partial charge in [-0.25, -0.2) is 0 Å². The van der Waals surface area contributed by atoms with E-state index < -0.39 is 0 Å². The number of amidine groups is 1. The molecule has 2 atom stereocenters. The summed E-state index contributed by atoms with van der Waals surface area (Å²) >= 11 is 0. The molecular weight excluding hydrogens is 182 g/mol. The number of aliphatic hydroxyl groups is 1. The van der Waals surface area contributed by atoms with Crippen LogP contribution >= 0.6 is 0 Å². The Bertz CT molecular complexity index is 208. The van der Waals surface area contributed by atoms with Crippen LogP contribution in [0.5, 0.6) is 0 Å². The second-order valence-corrected chi connectivity index (χ2v) is 3.83. The highest BCUT2D eigenvalue weighted by Gasteiger charge is 2.25. The fourth-order valence-corrected chi connectivity index (χ4v) is 1.82. The highest BCUT2D eigenvalue weighted by Crippen LogP contribution is 2.17. The number of piperidine rings is 1. The van der Waals surface area contributed by atoms with Crippen LogP contribution in [0.4, 0.5) is 0 Å². The molecule has 14 heavy (non-hydrogen) atoms. The summed E-state index contributed by atoms with van der Waals surface area (Å²) in [6.07, 6.45) is 2.20. The number of likely N-dealkylation sites (tertiary alicyclic amines) is 1. The van der Waals surface area contributed by atoms with E-state index in [1.54, 1.807) is 0 Å². The topological polar surface area (TPSA) is 82.1 Å². The van der Waals surface area contributed by atoms with Crippen molar-refractivity contribution in [1.29, 1.82) is 0 Å². The minimum Gasteiger partial charge on any atom is -0.409 e. The first-order chi connectivity index (χ1) is 6.65. The summed E-state index contributed by atoms with van der Waals surface area (Å²) in [5.41, 5.74) is 5.38. The first-order valence-corrected chi connectivity index (χ1v) is 5.03. The molecule has 0 aromatic carbocycles. The molecule has 0 bridgehead atoms. The van der Waals surface area contributed by atoms with Crippen molar-refractivity contribution in [2.45, 2.75) is 38.3 Å². The SMILES string of the molecule is CC1C(O)CCCN1CC/C(N)=N/O. The number of nitrogens with zero attached hydrogens (tertiary/aromatic N) is 2. The van der Waals surface area contributed by atoms with E-state index in [9.17, 15) is 5.11 Å². The van der Waals surface area contributed by atoms with Crippen LogP contribution in [0.25, 0.3) is 0 Å². The van der Waals surface area contributed by atoms with Crippen LogP contribution < -0.4 is 5.73 Å². The Labute approximate surface area is 84.2 Å². The lowest BCUT2D eigenvalue weighted by Gasteiger charge is -2.36. The maximum absolute atomic E-state index is 9.62. The predicted octanol–water partition coefficient (Wildman–Crippen LogP) is -0.0319. The molecule has 1 rings (SSSR count). The zero-order valence-electron chi connectivity index (χ0n) is 8.56. The van der Waals surface area contributed by atoms with E-state index in [2.05, 4.69) is 10.1 Å². The average molecular weight is 201 g/mol. The van der Waals surface area contributed by atoms with Crippen molar-refractivity contribution in [1.82, 2.24) is 4.90 Å². The lowest BCUT2D eigenvalue weighted by atomic mass is 10.0. The van der Waals surface area contributed by atoms with Crippen molar-refractivity contribution in [3.63, 3.8) is 0 Å². The van der Waals surface area contributed by atoms with Gasteiger partial charge in [0.05, 0.1) is 6.10 Å². The van der Waals surface area contributed by atoms with Crippen LogP contribution in [0.1, 0.15) is 26.2 Å². The summed E-state index contributed by atoms with van der Waals surface area (Å²) < 4.78 is 0. The van der Waals surface area contributed by atoms with Crippen LogP contribution in [0.3, 0.4) is 0 Å². The number of hydrogen-bond donors (Lipinski definition) is 3. The molecule has 5 heteroatoms. The van der Waals surface area contributed by atoms with Gasteiger partial charge in [0, 0.05) is 19.0 Å². The Morgan fingerprint density at radius 2 is 2.36 bits per heavy atom. The number of aliphatic hydroxyl groups excluding tert-OH is 1. The summed E-state index contributed by atoms with van der Waals surface area (Å²) in [6, 6.07) is 0.176. The van der Waals surface area contributed by atoms with E-state index >= 15 is 0 Å². The summed E-state index contributed by atoms with van der Waals surface area (Å²) in [7, 11) is 0. The van der Waals surface area contributed by atoms with E-state index in [1.165, 1.54) is 0 Å². The van der Waals surface area contributed by atoms with Crippen molar-refractivity contribution in [2.24, 2.45) is 10.9 Å². The third kappa shape index (κ3) is 2.85. The lowest BCUT2D eigenvalue weighted by Crippen LogP contribution is -2.47. The van der Waals surface area contributed by atoms with Gasteiger partial charge in [-0.15, -0.1) is 0 Å². The highest BCUT2D eigenvalue weighted by atomic mass is 16.4. The molecule has 1 fully saturated rings. The van der Waals surface area contributed by atoms with Crippen LogP contribution in [0.15, 0.2) is 5.16 Å². The van der Waals surface area contributed by atoms with Crippen molar-refractivity contribution in [3.8, 4) is 0 Å². The molecule has 1 aliphatic rings. The minimum absolute atomic E-state index is 0.176. The molecule has 5 nitrogen and oxygen atoms in total. The molecule has 1 heterocycles. The van der Waals surface area contributed by atoms with Gasteiger partial charge in [-0.05, 0) is 26.3 Å². The standard InChI is InChI=1S/C9H19N3O2/c1-7-8(13)3-2-5-12(7)6-4-9(10)11-14/h7-8,13-14H,2-6H2,1H3,(H2,10,11). The monoisotopic (exact) mass is 201 g/mol. The zero-order chi connectivity index (χ0) is 10.6. The van der Waals surface area contributed by atoms with Crippen LogP contribution in [0.2, 0.25) is 0 Å². The molecule has 0 saturated carbocycles. The molecule has 1 aliphatic heterocycles. The normalized spacial score (nSPS) is 30.6. The summed E-state index contributed by atoms with van der Waals surface area (Å²) in [6.45, 7) is 3.74. The first-order valence-electron chi connectivity index (χ1n) is 5.03. The molecule has 0 amide bonds. The minimum atomic E-state index is -0.240. The molecule has 1 saturated heterocycles. The highest BCUT2D eigenvalue weighted by molar-refractivity contribution is 5.79. The summed E-state index contributed by atoms with van der Waals surface area (Å²) in [4.78, 5) is 2.17. The number of nitrogens with two attached hydrogens (primary N) is 1. The number of rotatable bonds is 3. The maximum atomic E-state index is 9.62. The zero-order valence-corrected chi connectivity index (χ0v) is 8.56. The van der Waals surface area contributed by atoms with E-state index in [0.717, 1.165) is 25.9 Å². The van der Waals surface area contributed by atoms with Gasteiger partial charge in [-0.3, -0.25) is 4.90 Å². The van der Waals surface area contributed by atoms with Crippen molar-refractivity contribution >= 4 is 5.84 Å². The van der Waals surface area contributed by atoms with Crippen molar-refractivity contribution in [3.05, 3.63) is 0 Å². The first kappa shape index (κ1) is 11.3. The van der Waals surface area contributed by atoms with Gasteiger partial charge in [0.15, 0.2) is 0 Å². The Balaban J connectivity index is 2.36. The number of oxime groups is 1. The van der Waals surface area contributed by atoms with Gasteiger partial charge in [0.25, 0.3) is 0 Å². The Kier molecular flexibility index (Phi) is 4.16. The van der Waals surface area contributed by atoms with Gasteiger partial charge in [0.1, 0.15) is 5.84 Å². The van der Waals surface area contributed by atoms with E-state index in [-0.39, 0.29) is 18.0 Å². The summed E-state index contributed by atoms with van der Waals surface area (Å²) in [5, 5.41) is 20.9. The molecule has 2 unspecified atom stereocenters. The van der Waals surface area contributed by atoms with Crippen molar-refractivity contribution < 1.29 is 10.3 Å². The molecule has 0 radical (unpaired) electrons. The van der Waals surface area contributed by atoms with Gasteiger partial charge in [-0.1, -0.05) is 5.16 Å². The van der Waals surface area contributed by atoms with Gasteiger partial charge in [0.2, 0.25) is 0 Å². The average Bonchev–Trinajstić information content (AvgIpc) is 2.20. The fourth-order valence-electron chi connectivity index (χ4n) is 1.82. The van der Waals surface area contributed by atoms with E-state index in [4.69, 9.17) is 10.9 Å². The van der Waals surface area contributed by atoms with Crippen LogP contribution in [-0.4, -0.2) is 46.3 Å². The predicted molar refractivity (Wildman–Crippen MR) is 54.3 cm³/mol. The van der Waals surface area contributed by atoms with Gasteiger partial charge in [-0.2, -0.15) is 0 Å². The molecule has 0 aliphatic carbocycles. The van der Waals surface area contributed by atoms with Crippen LogP contribution in [0, 0.1) is 0 Å². The second kappa shape index (κ2) is 5.17. The number of hydrogen-bond acceptors (Lipinski definition) is 4. The molecular formula is C9H19N3O2. The van der Waals surface area contributed by atoms with E-state index in [1.807, 2.05) is 6.92 Å². The third-order valence-electron chi connectivity index (χ3n) is 2.86. The lowest BCUT2D eigenvalue weighted by molar-refractivity contribution is 0.0214. The van der Waals surface area contributed by atoms with Crippen LogP contribution in [-0.2, 0) is 0 Å². The van der Waals surface area contributed by atoms with E-state index in [0.29, 0.717) is 6.42 Å². The van der Waals surface area contributed by atoms with Gasteiger partial charge >= 0.3 is 0 Å². The fraction of sp³-hybridized carbons (Fsp3) is 0.889. The molecule has 82 valence electrons. The molecule has 0 aromatic heterocycles. The Hall–Kier alpha value is -0.810. The largest absolute Gasteiger partial charge is 0.409 e.